The van der Waals surface area contributed by atoms with Crippen molar-refractivity contribution in [2.24, 2.45) is 0 Å². The highest BCUT2D eigenvalue weighted by molar-refractivity contribution is 6.34. The van der Waals surface area contributed by atoms with Crippen LogP contribution in [0.4, 0.5) is 0 Å². The maximum atomic E-state index is 6.13. The second kappa shape index (κ2) is 4.92. The molecule has 2 atom stereocenters. The molecule has 1 saturated heterocycles. The predicted molar refractivity (Wildman–Crippen MR) is 72.0 cm³/mol. The third-order valence-corrected chi connectivity index (χ3v) is 3.77. The summed E-state index contributed by atoms with van der Waals surface area (Å²) in [6.07, 6.45) is 2.37. The number of ether oxygens (including phenoxy) is 1. The molecule has 0 aliphatic carbocycles. The molecule has 0 saturated carbocycles. The van der Waals surface area contributed by atoms with Gasteiger partial charge in [-0.15, -0.1) is 0 Å². The topological polar surface area (TPSA) is 34.4 Å². The lowest BCUT2D eigenvalue weighted by Gasteiger charge is -2.19. The van der Waals surface area contributed by atoms with Gasteiger partial charge in [0, 0.05) is 12.0 Å². The third kappa shape index (κ3) is 2.03. The van der Waals surface area contributed by atoms with E-state index < -0.39 is 0 Å². The van der Waals surface area contributed by atoms with Crippen molar-refractivity contribution >= 4 is 22.6 Å². The Morgan fingerprint density at radius 1 is 1.44 bits per heavy atom. The fourth-order valence-corrected chi connectivity index (χ4v) is 2.80. The Labute approximate surface area is 111 Å². The summed E-state index contributed by atoms with van der Waals surface area (Å²) in [6, 6.07) is 7.93. The standard InChI is InChI=1S/C14H16ClNO2/c1-16-13(11-6-3-7-17-11)12-8-9-4-2-5-10(15)14(9)18-12/h2,4-5,8,11,13,16H,3,6-7H2,1H3. The van der Waals surface area contributed by atoms with E-state index in [2.05, 4.69) is 5.32 Å². The van der Waals surface area contributed by atoms with Gasteiger partial charge in [0.1, 0.15) is 5.76 Å². The van der Waals surface area contributed by atoms with E-state index in [9.17, 15) is 0 Å². The van der Waals surface area contributed by atoms with Crippen LogP contribution in [-0.2, 0) is 4.74 Å². The number of hydrogen-bond donors (Lipinski definition) is 1. The van der Waals surface area contributed by atoms with Crippen LogP contribution in [0.1, 0.15) is 24.6 Å². The first kappa shape index (κ1) is 12.0. The van der Waals surface area contributed by atoms with Crippen LogP contribution in [0.15, 0.2) is 28.7 Å². The van der Waals surface area contributed by atoms with Crippen molar-refractivity contribution in [3.63, 3.8) is 0 Å². The summed E-state index contributed by atoms with van der Waals surface area (Å²) < 4.78 is 11.6. The van der Waals surface area contributed by atoms with E-state index in [4.69, 9.17) is 20.8 Å². The number of fused-ring (bicyclic) bond motifs is 1. The quantitative estimate of drug-likeness (QED) is 0.922. The molecule has 3 rings (SSSR count). The fourth-order valence-electron chi connectivity index (χ4n) is 2.58. The van der Waals surface area contributed by atoms with Crippen LogP contribution in [0.5, 0.6) is 0 Å². The number of hydrogen-bond acceptors (Lipinski definition) is 3. The minimum atomic E-state index is 0.0935. The molecule has 0 radical (unpaired) electrons. The van der Waals surface area contributed by atoms with Crippen molar-refractivity contribution in [1.29, 1.82) is 0 Å². The molecule has 1 aliphatic heterocycles. The molecule has 0 spiro atoms. The van der Waals surface area contributed by atoms with E-state index in [1.807, 2.05) is 31.3 Å². The molecule has 1 aromatic carbocycles. The van der Waals surface area contributed by atoms with E-state index in [0.29, 0.717) is 5.02 Å². The van der Waals surface area contributed by atoms with Gasteiger partial charge in [-0.3, -0.25) is 0 Å². The average Bonchev–Trinajstić information content (AvgIpc) is 3.00. The van der Waals surface area contributed by atoms with E-state index in [1.165, 1.54) is 0 Å². The summed E-state index contributed by atoms with van der Waals surface area (Å²) in [6.45, 7) is 0.837. The molecule has 0 amide bonds. The van der Waals surface area contributed by atoms with Crippen molar-refractivity contribution in [1.82, 2.24) is 5.32 Å². The SMILES string of the molecule is CNC(c1cc2cccc(Cl)c2o1)C1CCCO1. The second-order valence-electron chi connectivity index (χ2n) is 4.62. The Balaban J connectivity index is 1.99. The molecule has 2 heterocycles. The molecule has 96 valence electrons. The summed E-state index contributed by atoms with van der Waals surface area (Å²) in [4.78, 5) is 0. The molecule has 3 nitrogen and oxygen atoms in total. The Hall–Kier alpha value is -1.03. The Morgan fingerprint density at radius 2 is 2.33 bits per heavy atom. The average molecular weight is 266 g/mol. The summed E-state index contributed by atoms with van der Waals surface area (Å²) in [5.74, 6) is 0.896. The number of furan rings is 1. The molecule has 2 aromatic rings. The first-order valence-electron chi connectivity index (χ1n) is 6.26. The summed E-state index contributed by atoms with van der Waals surface area (Å²) in [5.41, 5.74) is 0.757. The van der Waals surface area contributed by atoms with Crippen LogP contribution < -0.4 is 5.32 Å². The molecule has 18 heavy (non-hydrogen) atoms. The van der Waals surface area contributed by atoms with Crippen LogP contribution >= 0.6 is 11.6 Å². The number of rotatable bonds is 3. The minimum absolute atomic E-state index is 0.0935. The molecule has 1 aromatic heterocycles. The molecule has 2 unspecified atom stereocenters. The smallest absolute Gasteiger partial charge is 0.152 e. The highest BCUT2D eigenvalue weighted by Gasteiger charge is 2.28. The third-order valence-electron chi connectivity index (χ3n) is 3.47. The van der Waals surface area contributed by atoms with Gasteiger partial charge >= 0.3 is 0 Å². The van der Waals surface area contributed by atoms with Gasteiger partial charge in [-0.25, -0.2) is 0 Å². The zero-order valence-electron chi connectivity index (χ0n) is 10.3. The van der Waals surface area contributed by atoms with Gasteiger partial charge in [0.05, 0.1) is 17.2 Å². The zero-order chi connectivity index (χ0) is 12.5. The predicted octanol–water partition coefficient (Wildman–Crippen LogP) is 3.53. The van der Waals surface area contributed by atoms with Gasteiger partial charge < -0.3 is 14.5 Å². The normalized spacial score (nSPS) is 21.6. The number of nitrogens with one attached hydrogen (secondary N) is 1. The molecular weight excluding hydrogens is 250 g/mol. The van der Waals surface area contributed by atoms with Crippen LogP contribution in [-0.4, -0.2) is 19.8 Å². The summed E-state index contributed by atoms with van der Waals surface area (Å²) in [7, 11) is 1.93. The monoisotopic (exact) mass is 265 g/mol. The van der Waals surface area contributed by atoms with Crippen molar-refractivity contribution in [3.05, 3.63) is 35.0 Å². The number of likely N-dealkylation sites (N-methyl/N-ethyl adjacent to an activating group) is 1. The summed E-state index contributed by atoms with van der Waals surface area (Å²) in [5, 5.41) is 4.97. The molecule has 1 fully saturated rings. The Morgan fingerprint density at radius 3 is 3.00 bits per heavy atom. The van der Waals surface area contributed by atoms with Crippen LogP contribution in [0, 0.1) is 0 Å². The maximum Gasteiger partial charge on any atom is 0.152 e. The van der Waals surface area contributed by atoms with Gasteiger partial charge in [0.15, 0.2) is 5.58 Å². The molecule has 1 aliphatic rings. The molecule has 4 heteroatoms. The van der Waals surface area contributed by atoms with Crippen LogP contribution in [0.2, 0.25) is 5.02 Å². The van der Waals surface area contributed by atoms with Crippen LogP contribution in [0.3, 0.4) is 0 Å². The van der Waals surface area contributed by atoms with Gasteiger partial charge in [0.2, 0.25) is 0 Å². The van der Waals surface area contributed by atoms with Gasteiger partial charge in [0.25, 0.3) is 0 Å². The van der Waals surface area contributed by atoms with E-state index >= 15 is 0 Å². The first-order chi connectivity index (χ1) is 8.79. The van der Waals surface area contributed by atoms with Gasteiger partial charge in [-0.2, -0.15) is 0 Å². The first-order valence-corrected chi connectivity index (χ1v) is 6.64. The molecule has 0 bridgehead atoms. The number of para-hydroxylation sites is 1. The maximum absolute atomic E-state index is 6.13. The number of benzene rings is 1. The van der Waals surface area contributed by atoms with E-state index in [-0.39, 0.29) is 12.1 Å². The number of halogens is 1. The van der Waals surface area contributed by atoms with E-state index in [1.54, 1.807) is 0 Å². The highest BCUT2D eigenvalue weighted by Crippen LogP contribution is 2.33. The van der Waals surface area contributed by atoms with Gasteiger partial charge in [-0.1, -0.05) is 23.7 Å². The van der Waals surface area contributed by atoms with Crippen molar-refractivity contribution < 1.29 is 9.15 Å². The fraction of sp³-hybridized carbons (Fsp3) is 0.429. The molecule has 1 N–H and O–H groups in total. The minimum Gasteiger partial charge on any atom is -0.458 e. The zero-order valence-corrected chi connectivity index (χ0v) is 11.0. The van der Waals surface area contributed by atoms with Crippen molar-refractivity contribution in [2.45, 2.75) is 25.0 Å². The molecular formula is C14H16ClNO2. The lowest BCUT2D eigenvalue weighted by Crippen LogP contribution is -2.28. The largest absolute Gasteiger partial charge is 0.458 e. The lowest BCUT2D eigenvalue weighted by atomic mass is 10.1. The van der Waals surface area contributed by atoms with Gasteiger partial charge in [-0.05, 0) is 32.0 Å². The summed E-state index contributed by atoms with van der Waals surface area (Å²) >= 11 is 6.13. The van der Waals surface area contributed by atoms with Crippen molar-refractivity contribution in [2.75, 3.05) is 13.7 Å². The Bertz CT molecular complexity index is 546. The van der Waals surface area contributed by atoms with E-state index in [0.717, 1.165) is 36.2 Å². The lowest BCUT2D eigenvalue weighted by molar-refractivity contribution is 0.0744. The Kier molecular flexibility index (Phi) is 3.29. The second-order valence-corrected chi connectivity index (χ2v) is 5.03. The van der Waals surface area contributed by atoms with Crippen molar-refractivity contribution in [3.8, 4) is 0 Å². The van der Waals surface area contributed by atoms with Crippen LogP contribution in [0.25, 0.3) is 11.0 Å². The highest BCUT2D eigenvalue weighted by atomic mass is 35.5.